The zero-order chi connectivity index (χ0) is 21.8. The van der Waals surface area contributed by atoms with E-state index in [0.29, 0.717) is 0 Å². The van der Waals surface area contributed by atoms with Crippen LogP contribution < -0.4 is 0 Å². The number of hydrogen-bond donors (Lipinski definition) is 2. The van der Waals surface area contributed by atoms with Crippen molar-refractivity contribution < 1.29 is 10.2 Å². The predicted molar refractivity (Wildman–Crippen MR) is 126 cm³/mol. The average molecular weight is 422 g/mol. The van der Waals surface area contributed by atoms with E-state index < -0.39 is 0 Å². The highest BCUT2D eigenvalue weighted by Gasteiger charge is 2.23. The molecule has 0 unspecified atom stereocenters. The van der Waals surface area contributed by atoms with Gasteiger partial charge >= 0.3 is 0 Å². The number of hydrogen-bond acceptors (Lipinski definition) is 4. The Morgan fingerprint density at radius 2 is 1.40 bits per heavy atom. The van der Waals surface area contributed by atoms with Crippen LogP contribution in [0.25, 0.3) is 11.1 Å². The highest BCUT2D eigenvalue weighted by atomic mass is 32.2. The van der Waals surface area contributed by atoms with E-state index in [0.717, 1.165) is 39.4 Å². The van der Waals surface area contributed by atoms with Crippen molar-refractivity contribution in [2.24, 2.45) is 0 Å². The SMILES string of the molecule is Cc1ccc(SCc2c(C(C)C)nc(C(C)C)c(CO)c2-c2ccc(O)cc2)cc1. The number of phenols is 1. The Kier molecular flexibility index (Phi) is 7.22. The number of aromatic nitrogens is 1. The van der Waals surface area contributed by atoms with Crippen LogP contribution in [0, 0.1) is 6.92 Å². The number of nitrogens with zero attached hydrogens (tertiary/aromatic N) is 1. The fraction of sp³-hybridized carbons (Fsp3) is 0.346. The van der Waals surface area contributed by atoms with Crippen LogP contribution in [0.4, 0.5) is 0 Å². The van der Waals surface area contributed by atoms with Crippen LogP contribution >= 0.6 is 11.8 Å². The first kappa shape index (κ1) is 22.4. The van der Waals surface area contributed by atoms with Crippen molar-refractivity contribution in [2.45, 2.75) is 63.7 Å². The molecule has 4 heteroatoms. The normalized spacial score (nSPS) is 11.5. The number of benzene rings is 2. The van der Waals surface area contributed by atoms with Crippen molar-refractivity contribution >= 4 is 11.8 Å². The van der Waals surface area contributed by atoms with E-state index in [2.05, 4.69) is 58.9 Å². The van der Waals surface area contributed by atoms with Crippen molar-refractivity contribution in [2.75, 3.05) is 0 Å². The number of pyridine rings is 1. The quantitative estimate of drug-likeness (QED) is 0.412. The van der Waals surface area contributed by atoms with Gasteiger partial charge in [0.15, 0.2) is 0 Å². The zero-order valence-corrected chi connectivity index (χ0v) is 19.3. The summed E-state index contributed by atoms with van der Waals surface area (Å²) >= 11 is 1.79. The molecule has 3 aromatic rings. The molecule has 0 amide bonds. The summed E-state index contributed by atoms with van der Waals surface area (Å²) in [6.07, 6.45) is 0. The van der Waals surface area contributed by atoms with Crippen molar-refractivity contribution in [1.82, 2.24) is 4.98 Å². The second-order valence-electron chi connectivity index (χ2n) is 8.33. The lowest BCUT2D eigenvalue weighted by Crippen LogP contribution is -2.12. The summed E-state index contributed by atoms with van der Waals surface area (Å²) in [5, 5.41) is 20.1. The van der Waals surface area contributed by atoms with Gasteiger partial charge in [0, 0.05) is 27.6 Å². The molecule has 0 fully saturated rings. The molecule has 1 aromatic heterocycles. The minimum absolute atomic E-state index is 0.0582. The van der Waals surface area contributed by atoms with Gasteiger partial charge in [-0.2, -0.15) is 0 Å². The van der Waals surface area contributed by atoms with Crippen LogP contribution in [0.1, 0.15) is 67.6 Å². The smallest absolute Gasteiger partial charge is 0.115 e. The molecule has 0 saturated carbocycles. The molecule has 0 aliphatic heterocycles. The number of rotatable bonds is 7. The monoisotopic (exact) mass is 421 g/mol. The van der Waals surface area contributed by atoms with Crippen LogP contribution in [0.2, 0.25) is 0 Å². The molecule has 0 aliphatic rings. The second kappa shape index (κ2) is 9.67. The van der Waals surface area contributed by atoms with Gasteiger partial charge in [0.2, 0.25) is 0 Å². The van der Waals surface area contributed by atoms with Crippen LogP contribution in [0.3, 0.4) is 0 Å². The molecular formula is C26H31NO2S. The van der Waals surface area contributed by atoms with E-state index in [1.165, 1.54) is 10.5 Å². The highest BCUT2D eigenvalue weighted by molar-refractivity contribution is 7.98. The summed E-state index contributed by atoms with van der Waals surface area (Å²) in [7, 11) is 0. The van der Waals surface area contributed by atoms with E-state index in [1.807, 2.05) is 12.1 Å². The van der Waals surface area contributed by atoms with Crippen LogP contribution in [-0.2, 0) is 12.4 Å². The van der Waals surface area contributed by atoms with Gasteiger partial charge in [-0.3, -0.25) is 4.98 Å². The molecule has 0 saturated heterocycles. The maximum atomic E-state index is 10.3. The van der Waals surface area contributed by atoms with E-state index in [1.54, 1.807) is 23.9 Å². The predicted octanol–water partition coefficient (Wildman–Crippen LogP) is 6.79. The minimum Gasteiger partial charge on any atom is -0.508 e. The van der Waals surface area contributed by atoms with Crippen molar-refractivity contribution in [3.8, 4) is 16.9 Å². The molecule has 1 heterocycles. The molecule has 0 radical (unpaired) electrons. The van der Waals surface area contributed by atoms with E-state index in [9.17, 15) is 10.2 Å². The summed E-state index contributed by atoms with van der Waals surface area (Å²) in [6, 6.07) is 15.8. The third-order valence-electron chi connectivity index (χ3n) is 5.27. The number of thioether (sulfide) groups is 1. The Hall–Kier alpha value is -2.30. The minimum atomic E-state index is -0.0582. The molecule has 158 valence electrons. The van der Waals surface area contributed by atoms with Crippen LogP contribution in [-0.4, -0.2) is 15.2 Å². The van der Waals surface area contributed by atoms with Crippen molar-refractivity contribution in [3.05, 3.63) is 76.6 Å². The first-order chi connectivity index (χ1) is 14.3. The molecule has 30 heavy (non-hydrogen) atoms. The van der Waals surface area contributed by atoms with Crippen molar-refractivity contribution in [3.63, 3.8) is 0 Å². The van der Waals surface area contributed by atoms with Gasteiger partial charge in [0.25, 0.3) is 0 Å². The largest absolute Gasteiger partial charge is 0.508 e. The average Bonchev–Trinajstić information content (AvgIpc) is 2.72. The molecule has 2 N–H and O–H groups in total. The molecule has 2 aromatic carbocycles. The Morgan fingerprint density at radius 1 is 0.833 bits per heavy atom. The fourth-order valence-corrected chi connectivity index (χ4v) is 4.66. The second-order valence-corrected chi connectivity index (χ2v) is 9.38. The summed E-state index contributed by atoms with van der Waals surface area (Å²) in [4.78, 5) is 6.26. The summed E-state index contributed by atoms with van der Waals surface area (Å²) in [5.74, 6) is 1.48. The molecule has 3 rings (SSSR count). The van der Waals surface area contributed by atoms with Gasteiger partial charge in [0.1, 0.15) is 5.75 Å². The first-order valence-corrected chi connectivity index (χ1v) is 11.5. The Labute approximate surface area is 184 Å². The fourth-order valence-electron chi connectivity index (χ4n) is 3.73. The van der Waals surface area contributed by atoms with Crippen LogP contribution in [0.5, 0.6) is 5.75 Å². The molecule has 3 nitrogen and oxygen atoms in total. The number of aromatic hydroxyl groups is 1. The summed E-state index contributed by atoms with van der Waals surface area (Å²) in [6.45, 7) is 10.6. The third-order valence-corrected chi connectivity index (χ3v) is 6.31. The molecule has 0 bridgehead atoms. The summed E-state index contributed by atoms with van der Waals surface area (Å²) < 4.78 is 0. The highest BCUT2D eigenvalue weighted by Crippen LogP contribution is 2.39. The Morgan fingerprint density at radius 3 is 1.93 bits per heavy atom. The number of aliphatic hydroxyl groups is 1. The van der Waals surface area contributed by atoms with Gasteiger partial charge in [-0.15, -0.1) is 11.8 Å². The Bertz CT molecular complexity index is 993. The lowest BCUT2D eigenvalue weighted by Gasteiger charge is -2.24. The van der Waals surface area contributed by atoms with Gasteiger partial charge in [0.05, 0.1) is 6.61 Å². The maximum absolute atomic E-state index is 10.3. The first-order valence-electron chi connectivity index (χ1n) is 10.5. The van der Waals surface area contributed by atoms with E-state index >= 15 is 0 Å². The topological polar surface area (TPSA) is 53.4 Å². The number of aryl methyl sites for hydroxylation is 1. The molecular weight excluding hydrogens is 390 g/mol. The summed E-state index contributed by atoms with van der Waals surface area (Å²) in [5.41, 5.74) is 7.39. The van der Waals surface area contributed by atoms with Gasteiger partial charge < -0.3 is 10.2 Å². The lowest BCUT2D eigenvalue weighted by atomic mass is 9.88. The van der Waals surface area contributed by atoms with Gasteiger partial charge in [-0.25, -0.2) is 0 Å². The lowest BCUT2D eigenvalue weighted by molar-refractivity contribution is 0.279. The van der Waals surface area contributed by atoms with Crippen molar-refractivity contribution in [1.29, 1.82) is 0 Å². The molecule has 0 aliphatic carbocycles. The Balaban J connectivity index is 2.20. The number of phenolic OH excluding ortho intramolecular Hbond substituents is 1. The number of aliphatic hydroxyl groups excluding tert-OH is 1. The molecule has 0 spiro atoms. The van der Waals surface area contributed by atoms with E-state index in [4.69, 9.17) is 4.98 Å². The third kappa shape index (κ3) is 4.88. The van der Waals surface area contributed by atoms with Gasteiger partial charge in [-0.1, -0.05) is 57.5 Å². The standard InChI is InChI=1S/C26H31NO2S/c1-16(2)25-22(14-28)24(19-8-10-20(29)11-9-19)23(26(27-25)17(3)4)15-30-21-12-6-18(5)7-13-21/h6-13,16-17,28-29H,14-15H2,1-5H3. The maximum Gasteiger partial charge on any atom is 0.115 e. The van der Waals surface area contributed by atoms with Gasteiger partial charge in [-0.05, 0) is 59.7 Å². The zero-order valence-electron chi connectivity index (χ0n) is 18.4. The van der Waals surface area contributed by atoms with E-state index in [-0.39, 0.29) is 24.2 Å². The van der Waals surface area contributed by atoms with Crippen LogP contribution in [0.15, 0.2) is 53.4 Å². The molecule has 0 atom stereocenters.